The number of hydrogen-bond donors (Lipinski definition) is 0. The van der Waals surface area contributed by atoms with Crippen molar-refractivity contribution in [3.8, 4) is 0 Å². The van der Waals surface area contributed by atoms with Crippen LogP contribution >= 0.6 is 11.6 Å². The molecule has 2 aromatic rings. The molecule has 4 rings (SSSR count). The Hall–Kier alpha value is -2.09. The van der Waals surface area contributed by atoms with Crippen molar-refractivity contribution in [2.45, 2.75) is 17.7 Å². The quantitative estimate of drug-likeness (QED) is 0.765. The summed E-state index contributed by atoms with van der Waals surface area (Å²) in [4.78, 5) is 14.7. The summed E-state index contributed by atoms with van der Waals surface area (Å²) in [6.45, 7) is 2.66. The average molecular weight is 421 g/mol. The van der Waals surface area contributed by atoms with Crippen molar-refractivity contribution in [3.63, 3.8) is 0 Å². The number of aryl methyl sites for hydroxylation is 1. The summed E-state index contributed by atoms with van der Waals surface area (Å²) in [5, 5.41) is 0.490. The van der Waals surface area contributed by atoms with E-state index in [4.69, 9.17) is 16.3 Å². The molecule has 2 heterocycles. The molecule has 0 aromatic heterocycles. The number of hydrogen-bond acceptors (Lipinski definition) is 4. The van der Waals surface area contributed by atoms with E-state index >= 15 is 0 Å². The fourth-order valence-corrected chi connectivity index (χ4v) is 5.30. The molecule has 0 radical (unpaired) electrons. The number of nitrogens with zero attached hydrogens (tertiary/aromatic N) is 2. The number of fused-ring (bicyclic) bond motifs is 1. The lowest BCUT2D eigenvalue weighted by atomic mass is 10.00. The summed E-state index contributed by atoms with van der Waals surface area (Å²) in [6.07, 6.45) is 1.45. The molecule has 1 saturated heterocycles. The van der Waals surface area contributed by atoms with Gasteiger partial charge in [0.25, 0.3) is 15.9 Å². The Bertz CT molecular complexity index is 986. The highest BCUT2D eigenvalue weighted by atomic mass is 35.5. The van der Waals surface area contributed by atoms with Crippen LogP contribution in [0.4, 0.5) is 5.69 Å². The van der Waals surface area contributed by atoms with Crippen molar-refractivity contribution in [1.29, 1.82) is 0 Å². The van der Waals surface area contributed by atoms with Gasteiger partial charge in [-0.2, -0.15) is 0 Å². The third-order valence-corrected chi connectivity index (χ3v) is 7.18. The zero-order valence-electron chi connectivity index (χ0n) is 15.3. The molecule has 8 heteroatoms. The monoisotopic (exact) mass is 420 g/mol. The van der Waals surface area contributed by atoms with Crippen LogP contribution < -0.4 is 4.31 Å². The van der Waals surface area contributed by atoms with Crippen LogP contribution in [-0.4, -0.2) is 52.1 Å². The number of rotatable bonds is 3. The minimum atomic E-state index is -3.68. The normalized spacial score (nSPS) is 17.3. The molecule has 0 spiro atoms. The number of ether oxygens (including phenoxy) is 1. The second-order valence-corrected chi connectivity index (χ2v) is 9.18. The van der Waals surface area contributed by atoms with Crippen LogP contribution in [0.5, 0.6) is 0 Å². The largest absolute Gasteiger partial charge is 0.378 e. The fourth-order valence-electron chi connectivity index (χ4n) is 3.63. The molecule has 0 N–H and O–H groups in total. The first-order valence-electron chi connectivity index (χ1n) is 9.25. The highest BCUT2D eigenvalue weighted by Gasteiger charge is 2.30. The Morgan fingerprint density at radius 3 is 2.43 bits per heavy atom. The number of carbonyl (C=O) groups excluding carboxylic acids is 1. The average Bonchev–Trinajstić information content (AvgIpc) is 2.73. The molecule has 148 valence electrons. The van der Waals surface area contributed by atoms with Crippen LogP contribution in [0.25, 0.3) is 0 Å². The predicted octanol–water partition coefficient (Wildman–Crippen LogP) is 2.95. The number of amides is 1. The summed E-state index contributed by atoms with van der Waals surface area (Å²) in [6, 6.07) is 11.5. The second kappa shape index (κ2) is 7.73. The molecule has 0 unspecified atom stereocenters. The lowest BCUT2D eigenvalue weighted by Crippen LogP contribution is -2.41. The smallest absolute Gasteiger partial charge is 0.264 e. The van der Waals surface area contributed by atoms with Gasteiger partial charge in [0.1, 0.15) is 0 Å². The van der Waals surface area contributed by atoms with Gasteiger partial charge in [-0.25, -0.2) is 8.42 Å². The highest BCUT2D eigenvalue weighted by Crippen LogP contribution is 2.33. The van der Waals surface area contributed by atoms with Gasteiger partial charge in [-0.15, -0.1) is 0 Å². The Labute approximate surface area is 169 Å². The standard InChI is InChI=1S/C20H21ClN2O4S/c21-17-4-6-18(7-5-17)28(25,26)23-9-1-2-15-14-16(3-8-19(15)23)20(24)22-10-12-27-13-11-22/h3-8,14H,1-2,9-13H2. The maximum Gasteiger partial charge on any atom is 0.264 e. The first-order chi connectivity index (χ1) is 13.5. The van der Waals surface area contributed by atoms with Crippen molar-refractivity contribution < 1.29 is 17.9 Å². The number of halogens is 1. The first-order valence-corrected chi connectivity index (χ1v) is 11.1. The molecule has 0 aliphatic carbocycles. The van der Waals surface area contributed by atoms with Crippen LogP contribution in [0.2, 0.25) is 5.02 Å². The Morgan fingerprint density at radius 1 is 1.00 bits per heavy atom. The van der Waals surface area contributed by atoms with E-state index in [1.807, 2.05) is 6.07 Å². The molecule has 28 heavy (non-hydrogen) atoms. The topological polar surface area (TPSA) is 66.9 Å². The van der Waals surface area contributed by atoms with Gasteiger partial charge in [-0.1, -0.05) is 11.6 Å². The van der Waals surface area contributed by atoms with E-state index in [1.54, 1.807) is 29.2 Å². The molecule has 0 atom stereocenters. The van der Waals surface area contributed by atoms with Gasteiger partial charge in [0, 0.05) is 30.2 Å². The van der Waals surface area contributed by atoms with E-state index in [-0.39, 0.29) is 10.8 Å². The summed E-state index contributed by atoms with van der Waals surface area (Å²) in [5.41, 5.74) is 2.11. The van der Waals surface area contributed by atoms with Crippen molar-refractivity contribution in [2.75, 3.05) is 37.2 Å². The molecule has 2 aliphatic heterocycles. The summed E-state index contributed by atoms with van der Waals surface area (Å²) >= 11 is 5.89. The van der Waals surface area contributed by atoms with Gasteiger partial charge < -0.3 is 9.64 Å². The number of sulfonamides is 1. The summed E-state index contributed by atoms with van der Waals surface area (Å²) < 4.78 is 33.0. The van der Waals surface area contributed by atoms with E-state index in [9.17, 15) is 13.2 Å². The van der Waals surface area contributed by atoms with Crippen LogP contribution in [0.3, 0.4) is 0 Å². The van der Waals surface area contributed by atoms with E-state index in [0.717, 1.165) is 12.0 Å². The van der Waals surface area contributed by atoms with Gasteiger partial charge in [0.2, 0.25) is 0 Å². The molecule has 0 saturated carbocycles. The SMILES string of the molecule is O=C(c1ccc2c(c1)CCCN2S(=O)(=O)c1ccc(Cl)cc1)N1CCOCC1. The van der Waals surface area contributed by atoms with Crippen molar-refractivity contribution in [2.24, 2.45) is 0 Å². The molecule has 0 bridgehead atoms. The molecule has 1 amide bonds. The van der Waals surface area contributed by atoms with Crippen molar-refractivity contribution in [3.05, 3.63) is 58.6 Å². The maximum absolute atomic E-state index is 13.1. The molecule has 2 aromatic carbocycles. The minimum Gasteiger partial charge on any atom is -0.378 e. The number of morpholine rings is 1. The van der Waals surface area contributed by atoms with Crippen molar-refractivity contribution >= 4 is 33.2 Å². The van der Waals surface area contributed by atoms with Crippen LogP contribution in [0, 0.1) is 0 Å². The Morgan fingerprint density at radius 2 is 1.71 bits per heavy atom. The lowest BCUT2D eigenvalue weighted by Gasteiger charge is -2.31. The van der Waals surface area contributed by atoms with Gasteiger partial charge in [-0.3, -0.25) is 9.10 Å². The van der Waals surface area contributed by atoms with Crippen LogP contribution in [0.15, 0.2) is 47.4 Å². The second-order valence-electron chi connectivity index (χ2n) is 6.88. The van der Waals surface area contributed by atoms with Crippen LogP contribution in [-0.2, 0) is 21.2 Å². The van der Waals surface area contributed by atoms with Gasteiger partial charge in [-0.05, 0) is 60.9 Å². The van der Waals surface area contributed by atoms with Crippen LogP contribution in [0.1, 0.15) is 22.3 Å². The van der Waals surface area contributed by atoms with Gasteiger partial charge in [0.15, 0.2) is 0 Å². The fraction of sp³-hybridized carbons (Fsp3) is 0.350. The molecular weight excluding hydrogens is 400 g/mol. The zero-order chi connectivity index (χ0) is 19.7. The van der Waals surface area contributed by atoms with E-state index < -0.39 is 10.0 Å². The van der Waals surface area contributed by atoms with E-state index in [2.05, 4.69) is 0 Å². The number of carbonyl (C=O) groups is 1. The zero-order valence-corrected chi connectivity index (χ0v) is 16.9. The molecule has 1 fully saturated rings. The maximum atomic E-state index is 13.1. The lowest BCUT2D eigenvalue weighted by molar-refractivity contribution is 0.0303. The number of anilines is 1. The van der Waals surface area contributed by atoms with E-state index in [1.165, 1.54) is 16.4 Å². The summed E-state index contributed by atoms with van der Waals surface area (Å²) in [5.74, 6) is -0.0382. The van der Waals surface area contributed by atoms with Gasteiger partial charge in [0.05, 0.1) is 23.8 Å². The van der Waals surface area contributed by atoms with Gasteiger partial charge >= 0.3 is 0 Å². The summed E-state index contributed by atoms with van der Waals surface area (Å²) in [7, 11) is -3.68. The van der Waals surface area contributed by atoms with Crippen molar-refractivity contribution in [1.82, 2.24) is 4.90 Å². The highest BCUT2D eigenvalue weighted by molar-refractivity contribution is 7.92. The third kappa shape index (κ3) is 3.62. The molecular formula is C20H21ClN2O4S. The third-order valence-electron chi connectivity index (χ3n) is 5.10. The molecule has 6 nitrogen and oxygen atoms in total. The molecule has 2 aliphatic rings. The Balaban J connectivity index is 1.65. The first kappa shape index (κ1) is 19.2. The minimum absolute atomic E-state index is 0.0382. The number of benzene rings is 2. The predicted molar refractivity (Wildman–Crippen MR) is 107 cm³/mol. The Kier molecular flexibility index (Phi) is 5.31. The van der Waals surface area contributed by atoms with E-state index in [0.29, 0.717) is 55.5 Å².